The highest BCUT2D eigenvalue weighted by Crippen LogP contribution is 2.59. The van der Waals surface area contributed by atoms with Crippen molar-refractivity contribution in [2.45, 2.75) is 12.8 Å². The predicted octanol–water partition coefficient (Wildman–Crippen LogP) is 1.99. The molecule has 27 heavy (non-hydrogen) atoms. The van der Waals surface area contributed by atoms with Crippen molar-refractivity contribution < 1.29 is 4.79 Å². The smallest absolute Gasteiger partial charge is 0.244 e. The molecule has 1 spiro atoms. The molecule has 1 saturated heterocycles. The van der Waals surface area contributed by atoms with Gasteiger partial charge in [0.1, 0.15) is 0 Å². The second-order valence-corrected chi connectivity index (χ2v) is 7.86. The SMILES string of the molecule is C=C(C(N)=O)C1CN(c2cc(-c3cnn(C)c3)cn3nccc23)CC12CC2. The monoisotopic (exact) mass is 362 g/mol. The van der Waals surface area contributed by atoms with Gasteiger partial charge in [0.05, 0.1) is 23.6 Å². The molecule has 7 heteroatoms. The summed E-state index contributed by atoms with van der Waals surface area (Å²) in [5.41, 5.74) is 10.5. The van der Waals surface area contributed by atoms with Crippen molar-refractivity contribution in [2.75, 3.05) is 18.0 Å². The lowest BCUT2D eigenvalue weighted by atomic mass is 9.86. The minimum absolute atomic E-state index is 0.125. The molecule has 0 bridgehead atoms. The van der Waals surface area contributed by atoms with Gasteiger partial charge in [-0.3, -0.25) is 9.48 Å². The molecule has 3 aromatic rings. The second-order valence-electron chi connectivity index (χ2n) is 7.86. The molecule has 1 aliphatic carbocycles. The summed E-state index contributed by atoms with van der Waals surface area (Å²) in [5, 5.41) is 8.74. The molecule has 4 heterocycles. The lowest BCUT2D eigenvalue weighted by Gasteiger charge is -2.21. The number of amides is 1. The number of primary amides is 1. The molecule has 0 radical (unpaired) electrons. The average Bonchev–Trinajstić information content (AvgIpc) is 3.01. The van der Waals surface area contributed by atoms with Crippen LogP contribution in [0.25, 0.3) is 16.6 Å². The van der Waals surface area contributed by atoms with E-state index in [0.29, 0.717) is 5.57 Å². The van der Waals surface area contributed by atoms with Crippen molar-refractivity contribution in [3.05, 3.63) is 49.1 Å². The van der Waals surface area contributed by atoms with Crippen LogP contribution in [-0.2, 0) is 11.8 Å². The van der Waals surface area contributed by atoms with Gasteiger partial charge < -0.3 is 10.6 Å². The molecule has 2 aliphatic rings. The molecule has 2 fully saturated rings. The molecule has 1 amide bonds. The van der Waals surface area contributed by atoms with Gasteiger partial charge in [0.15, 0.2) is 0 Å². The number of hydrogen-bond donors (Lipinski definition) is 1. The number of carbonyl (C=O) groups excluding carboxylic acids is 1. The van der Waals surface area contributed by atoms with Gasteiger partial charge in [-0.15, -0.1) is 0 Å². The number of carbonyl (C=O) groups is 1. The molecule has 3 aromatic heterocycles. The zero-order valence-corrected chi connectivity index (χ0v) is 15.3. The summed E-state index contributed by atoms with van der Waals surface area (Å²) in [6.07, 6.45) is 9.95. The van der Waals surface area contributed by atoms with Crippen LogP contribution in [0, 0.1) is 11.3 Å². The molecule has 1 aliphatic heterocycles. The van der Waals surface area contributed by atoms with Crippen molar-refractivity contribution in [3.63, 3.8) is 0 Å². The predicted molar refractivity (Wildman–Crippen MR) is 103 cm³/mol. The first-order valence-electron chi connectivity index (χ1n) is 9.17. The Morgan fingerprint density at radius 3 is 2.78 bits per heavy atom. The van der Waals surface area contributed by atoms with E-state index in [-0.39, 0.29) is 17.2 Å². The Morgan fingerprint density at radius 1 is 1.30 bits per heavy atom. The first kappa shape index (κ1) is 16.1. The molecule has 7 nitrogen and oxygen atoms in total. The number of nitrogens with two attached hydrogens (primary N) is 1. The highest BCUT2D eigenvalue weighted by atomic mass is 16.1. The third kappa shape index (κ3) is 2.45. The van der Waals surface area contributed by atoms with Crippen LogP contribution in [0.1, 0.15) is 12.8 Å². The molecule has 0 aromatic carbocycles. The van der Waals surface area contributed by atoms with Gasteiger partial charge in [0, 0.05) is 55.1 Å². The summed E-state index contributed by atoms with van der Waals surface area (Å²) in [7, 11) is 1.91. The Kier molecular flexibility index (Phi) is 3.25. The maximum Gasteiger partial charge on any atom is 0.244 e. The number of nitrogens with zero attached hydrogens (tertiary/aromatic N) is 5. The Bertz CT molecular complexity index is 1070. The quantitative estimate of drug-likeness (QED) is 0.720. The van der Waals surface area contributed by atoms with Crippen LogP contribution in [-0.4, -0.2) is 38.4 Å². The standard InChI is InChI=1S/C20H22N6O/c1-13(19(21)27)16-11-25(12-20(16)4-5-20)18-7-14(15-8-23-24(2)9-15)10-26-17(18)3-6-22-26/h3,6-10,16H,1,4-5,11-12H2,2H3,(H2,21,27). The number of aromatic nitrogens is 4. The van der Waals surface area contributed by atoms with Crippen LogP contribution in [0.3, 0.4) is 0 Å². The molecule has 1 atom stereocenters. The molecule has 2 N–H and O–H groups in total. The van der Waals surface area contributed by atoms with Crippen molar-refractivity contribution in [3.8, 4) is 11.1 Å². The summed E-state index contributed by atoms with van der Waals surface area (Å²) in [4.78, 5) is 14.1. The maximum atomic E-state index is 11.7. The summed E-state index contributed by atoms with van der Waals surface area (Å²) in [5.74, 6) is -0.258. The maximum absolute atomic E-state index is 11.7. The molecular weight excluding hydrogens is 340 g/mol. The minimum Gasteiger partial charge on any atom is -0.369 e. The Morgan fingerprint density at radius 2 is 2.11 bits per heavy atom. The largest absolute Gasteiger partial charge is 0.369 e. The fourth-order valence-electron chi connectivity index (χ4n) is 4.46. The van der Waals surface area contributed by atoms with Crippen molar-refractivity contribution in [2.24, 2.45) is 24.1 Å². The molecule has 1 saturated carbocycles. The number of rotatable bonds is 4. The molecule has 138 valence electrons. The highest BCUT2D eigenvalue weighted by molar-refractivity contribution is 5.92. The first-order valence-corrected chi connectivity index (χ1v) is 9.17. The lowest BCUT2D eigenvalue weighted by Crippen LogP contribution is -2.26. The highest BCUT2D eigenvalue weighted by Gasteiger charge is 2.56. The lowest BCUT2D eigenvalue weighted by molar-refractivity contribution is -0.115. The summed E-state index contributed by atoms with van der Waals surface area (Å²) in [6, 6.07) is 4.22. The van der Waals surface area contributed by atoms with E-state index in [0.717, 1.165) is 48.3 Å². The summed E-state index contributed by atoms with van der Waals surface area (Å²) >= 11 is 0. The van der Waals surface area contributed by atoms with Crippen LogP contribution in [0.5, 0.6) is 0 Å². The van der Waals surface area contributed by atoms with E-state index in [1.807, 2.05) is 42.4 Å². The van der Waals surface area contributed by atoms with E-state index in [2.05, 4.69) is 27.7 Å². The van der Waals surface area contributed by atoms with Crippen LogP contribution in [0.4, 0.5) is 5.69 Å². The molecule has 5 rings (SSSR count). The summed E-state index contributed by atoms with van der Waals surface area (Å²) < 4.78 is 3.71. The zero-order valence-electron chi connectivity index (χ0n) is 15.3. The fourth-order valence-corrected chi connectivity index (χ4v) is 4.46. The van der Waals surface area contributed by atoms with Crippen molar-refractivity contribution >= 4 is 17.1 Å². The van der Waals surface area contributed by atoms with E-state index in [1.165, 1.54) is 0 Å². The Balaban J connectivity index is 1.58. The van der Waals surface area contributed by atoms with E-state index in [4.69, 9.17) is 5.73 Å². The van der Waals surface area contributed by atoms with E-state index >= 15 is 0 Å². The number of anilines is 1. The Hall–Kier alpha value is -3.09. The van der Waals surface area contributed by atoms with E-state index in [9.17, 15) is 4.79 Å². The van der Waals surface area contributed by atoms with Gasteiger partial charge >= 0.3 is 0 Å². The number of fused-ring (bicyclic) bond motifs is 1. The van der Waals surface area contributed by atoms with Crippen LogP contribution in [0.2, 0.25) is 0 Å². The third-order valence-corrected chi connectivity index (χ3v) is 6.14. The van der Waals surface area contributed by atoms with Crippen molar-refractivity contribution in [1.82, 2.24) is 19.4 Å². The average molecular weight is 362 g/mol. The summed E-state index contributed by atoms with van der Waals surface area (Å²) in [6.45, 7) is 5.67. The molecule has 1 unspecified atom stereocenters. The normalized spacial score (nSPS) is 20.5. The van der Waals surface area contributed by atoms with E-state index < -0.39 is 0 Å². The zero-order chi connectivity index (χ0) is 18.8. The third-order valence-electron chi connectivity index (χ3n) is 6.14. The van der Waals surface area contributed by atoms with Gasteiger partial charge in [0.25, 0.3) is 0 Å². The van der Waals surface area contributed by atoms with Gasteiger partial charge in [-0.25, -0.2) is 4.52 Å². The number of hydrogen-bond acceptors (Lipinski definition) is 4. The van der Waals surface area contributed by atoms with Crippen LogP contribution < -0.4 is 10.6 Å². The fraction of sp³-hybridized carbons (Fsp3) is 0.350. The topological polar surface area (TPSA) is 81.5 Å². The van der Waals surface area contributed by atoms with Gasteiger partial charge in [-0.05, 0) is 30.4 Å². The van der Waals surface area contributed by atoms with E-state index in [1.54, 1.807) is 4.68 Å². The second kappa shape index (κ2) is 5.45. The van der Waals surface area contributed by atoms with Crippen LogP contribution >= 0.6 is 0 Å². The van der Waals surface area contributed by atoms with Gasteiger partial charge in [0.2, 0.25) is 5.91 Å². The van der Waals surface area contributed by atoms with Crippen molar-refractivity contribution in [1.29, 1.82) is 0 Å². The Labute approximate surface area is 157 Å². The first-order chi connectivity index (χ1) is 13.0. The number of aryl methyl sites for hydroxylation is 1. The van der Waals surface area contributed by atoms with Gasteiger partial charge in [-0.2, -0.15) is 10.2 Å². The van der Waals surface area contributed by atoms with Crippen LogP contribution in [0.15, 0.2) is 49.1 Å². The minimum atomic E-state index is -0.383. The molecular formula is C20H22N6O. The number of pyridine rings is 1. The van der Waals surface area contributed by atoms with Gasteiger partial charge in [-0.1, -0.05) is 6.58 Å².